The topological polar surface area (TPSA) is 37.8 Å². The second-order valence-corrected chi connectivity index (χ2v) is 5.04. The van der Waals surface area contributed by atoms with Gasteiger partial charge in [-0.25, -0.2) is 18.7 Å². The van der Waals surface area contributed by atoms with E-state index in [9.17, 15) is 8.78 Å². The quantitative estimate of drug-likeness (QED) is 0.874. The summed E-state index contributed by atoms with van der Waals surface area (Å²) in [6.07, 6.45) is 3.22. The molecule has 1 N–H and O–H groups in total. The highest BCUT2D eigenvalue weighted by Crippen LogP contribution is 2.30. The minimum absolute atomic E-state index is 0.0799. The van der Waals surface area contributed by atoms with Crippen molar-refractivity contribution in [1.82, 2.24) is 15.3 Å². The zero-order valence-corrected chi connectivity index (χ0v) is 11.4. The number of aryl methyl sites for hydroxylation is 1. The third-order valence-corrected chi connectivity index (χ3v) is 3.38. The van der Waals surface area contributed by atoms with Crippen molar-refractivity contribution in [2.24, 2.45) is 0 Å². The Hall–Kier alpha value is -1.53. The highest BCUT2D eigenvalue weighted by atomic mass is 32.2. The van der Waals surface area contributed by atoms with Gasteiger partial charge in [0, 0.05) is 18.9 Å². The van der Waals surface area contributed by atoms with Crippen molar-refractivity contribution in [1.29, 1.82) is 0 Å². The molecule has 0 aliphatic heterocycles. The van der Waals surface area contributed by atoms with Crippen LogP contribution in [0.2, 0.25) is 0 Å². The van der Waals surface area contributed by atoms with Crippen molar-refractivity contribution < 1.29 is 8.78 Å². The van der Waals surface area contributed by atoms with Crippen LogP contribution in [0.3, 0.4) is 0 Å². The first-order valence-corrected chi connectivity index (χ1v) is 6.51. The first kappa shape index (κ1) is 13.9. The second kappa shape index (κ2) is 6.08. The standard InChI is InChI=1S/C13H13F2N3S/c1-8-5-17-13(18-6-8)19-12-10(14)3-9(7-16-2)4-11(12)15/h3-6,16H,7H2,1-2H3. The molecule has 0 fully saturated rings. The molecule has 0 aliphatic carbocycles. The van der Waals surface area contributed by atoms with Crippen LogP contribution in [0.4, 0.5) is 8.78 Å². The average Bonchev–Trinajstić information content (AvgIpc) is 2.36. The molecule has 19 heavy (non-hydrogen) atoms. The van der Waals surface area contributed by atoms with Gasteiger partial charge in [0.1, 0.15) is 11.6 Å². The predicted octanol–water partition coefficient (Wildman–Crippen LogP) is 2.93. The van der Waals surface area contributed by atoms with E-state index in [1.807, 2.05) is 6.92 Å². The van der Waals surface area contributed by atoms with Crippen LogP contribution < -0.4 is 5.32 Å². The molecule has 0 bridgehead atoms. The molecule has 0 saturated heterocycles. The van der Waals surface area contributed by atoms with Gasteiger partial charge >= 0.3 is 0 Å². The van der Waals surface area contributed by atoms with Gasteiger partial charge in [-0.2, -0.15) is 0 Å². The number of aromatic nitrogens is 2. The molecular weight excluding hydrogens is 268 g/mol. The maximum Gasteiger partial charge on any atom is 0.192 e. The average molecular weight is 281 g/mol. The molecule has 2 rings (SSSR count). The molecule has 0 spiro atoms. The molecule has 0 radical (unpaired) electrons. The lowest BCUT2D eigenvalue weighted by molar-refractivity contribution is 0.535. The Morgan fingerprint density at radius 1 is 1.16 bits per heavy atom. The van der Waals surface area contributed by atoms with E-state index in [4.69, 9.17) is 0 Å². The van der Waals surface area contributed by atoms with Crippen molar-refractivity contribution in [3.05, 3.63) is 47.3 Å². The van der Waals surface area contributed by atoms with Crippen molar-refractivity contribution in [3.8, 4) is 0 Å². The lowest BCUT2D eigenvalue weighted by atomic mass is 10.2. The van der Waals surface area contributed by atoms with Gasteiger partial charge in [0.15, 0.2) is 5.16 Å². The Kier molecular flexibility index (Phi) is 4.44. The summed E-state index contributed by atoms with van der Waals surface area (Å²) in [6, 6.07) is 2.63. The summed E-state index contributed by atoms with van der Waals surface area (Å²) >= 11 is 0.884. The number of hydrogen-bond acceptors (Lipinski definition) is 4. The molecule has 0 atom stereocenters. The summed E-state index contributed by atoms with van der Waals surface area (Å²) in [5.41, 5.74) is 1.46. The van der Waals surface area contributed by atoms with Crippen LogP contribution in [-0.4, -0.2) is 17.0 Å². The van der Waals surface area contributed by atoms with E-state index in [0.29, 0.717) is 17.3 Å². The van der Waals surface area contributed by atoms with Crippen LogP contribution in [0.15, 0.2) is 34.6 Å². The van der Waals surface area contributed by atoms with Crippen LogP contribution in [0, 0.1) is 18.6 Å². The Morgan fingerprint density at radius 2 is 1.74 bits per heavy atom. The predicted molar refractivity (Wildman–Crippen MR) is 70.0 cm³/mol. The van der Waals surface area contributed by atoms with Crippen LogP contribution in [0.25, 0.3) is 0 Å². The maximum atomic E-state index is 13.9. The molecule has 6 heteroatoms. The van der Waals surface area contributed by atoms with Crippen LogP contribution in [0.1, 0.15) is 11.1 Å². The van der Waals surface area contributed by atoms with E-state index >= 15 is 0 Å². The number of hydrogen-bond donors (Lipinski definition) is 1. The molecule has 1 aromatic heterocycles. The SMILES string of the molecule is CNCc1cc(F)c(Sc2ncc(C)cn2)c(F)c1. The molecule has 3 nitrogen and oxygen atoms in total. The Labute approximate surface area is 114 Å². The van der Waals surface area contributed by atoms with Crippen molar-refractivity contribution in [2.75, 3.05) is 7.05 Å². The summed E-state index contributed by atoms with van der Waals surface area (Å²) in [6.45, 7) is 2.27. The third-order valence-electron chi connectivity index (χ3n) is 2.39. The highest BCUT2D eigenvalue weighted by Gasteiger charge is 2.14. The van der Waals surface area contributed by atoms with Gasteiger partial charge in [0.2, 0.25) is 0 Å². The fraction of sp³-hybridized carbons (Fsp3) is 0.231. The van der Waals surface area contributed by atoms with E-state index in [0.717, 1.165) is 17.3 Å². The number of nitrogens with one attached hydrogen (secondary N) is 1. The monoisotopic (exact) mass is 281 g/mol. The highest BCUT2D eigenvalue weighted by molar-refractivity contribution is 7.99. The number of halogens is 2. The number of nitrogens with zero attached hydrogens (tertiary/aromatic N) is 2. The normalized spacial score (nSPS) is 10.7. The largest absolute Gasteiger partial charge is 0.316 e. The maximum absolute atomic E-state index is 13.9. The molecular formula is C13H13F2N3S. The van der Waals surface area contributed by atoms with Gasteiger partial charge in [-0.15, -0.1) is 0 Å². The van der Waals surface area contributed by atoms with E-state index < -0.39 is 11.6 Å². The van der Waals surface area contributed by atoms with Crippen molar-refractivity contribution in [2.45, 2.75) is 23.5 Å². The molecule has 0 amide bonds. The van der Waals surface area contributed by atoms with Crippen molar-refractivity contribution >= 4 is 11.8 Å². The van der Waals surface area contributed by atoms with Crippen LogP contribution in [-0.2, 0) is 6.54 Å². The summed E-state index contributed by atoms with van der Waals surface area (Å²) in [5.74, 6) is -1.20. The molecule has 1 aromatic carbocycles. The van der Waals surface area contributed by atoms with E-state index in [1.54, 1.807) is 19.4 Å². The minimum Gasteiger partial charge on any atom is -0.316 e. The van der Waals surface area contributed by atoms with E-state index in [-0.39, 0.29) is 4.90 Å². The van der Waals surface area contributed by atoms with Gasteiger partial charge in [-0.3, -0.25) is 0 Å². The van der Waals surface area contributed by atoms with Crippen molar-refractivity contribution in [3.63, 3.8) is 0 Å². The summed E-state index contributed by atoms with van der Waals surface area (Å²) < 4.78 is 27.7. The smallest absolute Gasteiger partial charge is 0.192 e. The Bertz CT molecular complexity index is 550. The number of rotatable bonds is 4. The molecule has 2 aromatic rings. The summed E-state index contributed by atoms with van der Waals surface area (Å²) in [7, 11) is 1.72. The zero-order chi connectivity index (χ0) is 13.8. The number of benzene rings is 1. The molecule has 100 valence electrons. The van der Waals surface area contributed by atoms with Gasteiger partial charge in [0.25, 0.3) is 0 Å². The lowest BCUT2D eigenvalue weighted by Gasteiger charge is -2.07. The fourth-order valence-corrected chi connectivity index (χ4v) is 2.25. The molecule has 0 aliphatic rings. The minimum atomic E-state index is -0.598. The lowest BCUT2D eigenvalue weighted by Crippen LogP contribution is -2.06. The van der Waals surface area contributed by atoms with E-state index in [1.165, 1.54) is 12.1 Å². The molecule has 1 heterocycles. The van der Waals surface area contributed by atoms with E-state index in [2.05, 4.69) is 15.3 Å². The molecule has 0 saturated carbocycles. The summed E-state index contributed by atoms with van der Waals surface area (Å²) in [4.78, 5) is 7.96. The summed E-state index contributed by atoms with van der Waals surface area (Å²) in [5, 5.41) is 3.17. The Balaban J connectivity index is 2.27. The zero-order valence-electron chi connectivity index (χ0n) is 10.6. The fourth-order valence-electron chi connectivity index (χ4n) is 1.54. The third kappa shape index (κ3) is 3.48. The van der Waals surface area contributed by atoms with Crippen LogP contribution >= 0.6 is 11.8 Å². The van der Waals surface area contributed by atoms with Gasteiger partial charge < -0.3 is 5.32 Å². The first-order valence-electron chi connectivity index (χ1n) is 5.69. The first-order chi connectivity index (χ1) is 9.10. The van der Waals surface area contributed by atoms with Crippen LogP contribution in [0.5, 0.6) is 0 Å². The Morgan fingerprint density at radius 3 is 2.26 bits per heavy atom. The van der Waals surface area contributed by atoms with Gasteiger partial charge in [-0.05, 0) is 49.0 Å². The molecule has 0 unspecified atom stereocenters. The van der Waals surface area contributed by atoms with Gasteiger partial charge in [0.05, 0.1) is 4.90 Å². The van der Waals surface area contributed by atoms with Gasteiger partial charge in [-0.1, -0.05) is 0 Å². The second-order valence-electron chi connectivity index (χ2n) is 4.06.